The number of amides is 1. The number of thiazole rings is 1. The van der Waals surface area contributed by atoms with Gasteiger partial charge in [-0.15, -0.1) is 11.3 Å². The van der Waals surface area contributed by atoms with Crippen molar-refractivity contribution >= 4 is 17.2 Å². The molecule has 2 fully saturated rings. The van der Waals surface area contributed by atoms with Crippen LogP contribution >= 0.6 is 11.3 Å². The van der Waals surface area contributed by atoms with E-state index in [0.29, 0.717) is 11.8 Å². The molecule has 2 saturated heterocycles. The van der Waals surface area contributed by atoms with Gasteiger partial charge in [-0.3, -0.25) is 4.79 Å². The summed E-state index contributed by atoms with van der Waals surface area (Å²) >= 11 is 1.78. The lowest BCUT2D eigenvalue weighted by atomic mass is 9.91. The van der Waals surface area contributed by atoms with Crippen molar-refractivity contribution in [1.29, 1.82) is 0 Å². The van der Waals surface area contributed by atoms with E-state index in [9.17, 15) is 4.79 Å². The number of aromatic nitrogens is 1. The first kappa shape index (κ1) is 16.9. The number of likely N-dealkylation sites (tertiary alicyclic amines) is 1. The lowest BCUT2D eigenvalue weighted by molar-refractivity contribution is -0.136. The van der Waals surface area contributed by atoms with Gasteiger partial charge in [-0.1, -0.05) is 0 Å². The maximum atomic E-state index is 13.0. The molecule has 0 saturated carbocycles. The fraction of sp³-hybridized carbons (Fsp3) is 0.765. The highest BCUT2D eigenvalue weighted by Gasteiger charge is 2.38. The number of carbonyl (C=O) groups excluding carboxylic acids is 1. The van der Waals surface area contributed by atoms with Crippen LogP contribution in [0.25, 0.3) is 0 Å². The molecule has 3 heterocycles. The van der Waals surface area contributed by atoms with Gasteiger partial charge in [0.15, 0.2) is 0 Å². The van der Waals surface area contributed by atoms with Crippen LogP contribution < -0.4 is 10.6 Å². The van der Waals surface area contributed by atoms with Gasteiger partial charge in [-0.25, -0.2) is 4.98 Å². The van der Waals surface area contributed by atoms with Crippen molar-refractivity contribution in [2.24, 2.45) is 5.92 Å². The Kier molecular flexibility index (Phi) is 5.67. The number of aryl methyl sites for hydroxylation is 1. The molecule has 1 unspecified atom stereocenters. The Hall–Kier alpha value is -0.980. The Bertz CT molecular complexity index is 539. The summed E-state index contributed by atoms with van der Waals surface area (Å²) < 4.78 is 0. The predicted octanol–water partition coefficient (Wildman–Crippen LogP) is 1.53. The van der Waals surface area contributed by atoms with Crippen LogP contribution in [-0.2, 0) is 11.2 Å². The molecule has 6 heteroatoms. The molecule has 23 heavy (non-hydrogen) atoms. The molecule has 2 atom stereocenters. The minimum Gasteiger partial charge on any atom is -0.342 e. The van der Waals surface area contributed by atoms with E-state index in [2.05, 4.69) is 22.5 Å². The van der Waals surface area contributed by atoms with E-state index >= 15 is 0 Å². The van der Waals surface area contributed by atoms with E-state index < -0.39 is 0 Å². The van der Waals surface area contributed by atoms with Crippen LogP contribution in [0, 0.1) is 12.8 Å². The molecular weight excluding hydrogens is 308 g/mol. The average Bonchev–Trinajstić information content (AvgIpc) is 3.19. The second-order valence-corrected chi connectivity index (χ2v) is 7.89. The molecule has 5 nitrogen and oxygen atoms in total. The zero-order valence-corrected chi connectivity index (χ0v) is 15.0. The third kappa shape index (κ3) is 3.75. The third-order valence-electron chi connectivity index (χ3n) is 4.98. The van der Waals surface area contributed by atoms with Crippen molar-refractivity contribution in [3.05, 3.63) is 15.6 Å². The van der Waals surface area contributed by atoms with Gasteiger partial charge in [0, 0.05) is 49.9 Å². The second kappa shape index (κ2) is 7.73. The molecule has 2 aliphatic heterocycles. The molecule has 1 aromatic rings. The molecule has 2 aliphatic rings. The standard InChI is InChI=1S/C17H28N4OS/c1-12-20-15(6-7-18-2)16(23-12)13-10-19-11-14(13)17(22)21-8-4-3-5-9-21/h13-14,18-19H,3-11H2,1-2H3/t13-,14?/m1/s1. The summed E-state index contributed by atoms with van der Waals surface area (Å²) in [5.41, 5.74) is 1.19. The molecule has 0 spiro atoms. The van der Waals surface area contributed by atoms with E-state index in [1.54, 1.807) is 11.3 Å². The lowest BCUT2D eigenvalue weighted by Crippen LogP contribution is -2.41. The zero-order chi connectivity index (χ0) is 16.2. The van der Waals surface area contributed by atoms with Crippen molar-refractivity contribution in [1.82, 2.24) is 20.5 Å². The van der Waals surface area contributed by atoms with Gasteiger partial charge in [0.2, 0.25) is 5.91 Å². The number of hydrogen-bond acceptors (Lipinski definition) is 5. The van der Waals surface area contributed by atoms with Gasteiger partial charge in [-0.2, -0.15) is 0 Å². The van der Waals surface area contributed by atoms with Crippen LogP contribution in [0.2, 0.25) is 0 Å². The summed E-state index contributed by atoms with van der Waals surface area (Å²) in [4.78, 5) is 21.1. The van der Waals surface area contributed by atoms with Crippen LogP contribution in [0.5, 0.6) is 0 Å². The molecule has 0 bridgehead atoms. The van der Waals surface area contributed by atoms with Gasteiger partial charge in [-0.05, 0) is 33.2 Å². The lowest BCUT2D eigenvalue weighted by Gasteiger charge is -2.30. The van der Waals surface area contributed by atoms with Gasteiger partial charge in [0.05, 0.1) is 16.6 Å². The summed E-state index contributed by atoms with van der Waals surface area (Å²) in [5.74, 6) is 0.731. The first-order chi connectivity index (χ1) is 11.2. The maximum absolute atomic E-state index is 13.0. The highest BCUT2D eigenvalue weighted by atomic mass is 32.1. The van der Waals surface area contributed by atoms with E-state index in [1.807, 2.05) is 7.05 Å². The number of hydrogen-bond donors (Lipinski definition) is 2. The smallest absolute Gasteiger partial charge is 0.227 e. The monoisotopic (exact) mass is 336 g/mol. The van der Waals surface area contributed by atoms with E-state index in [0.717, 1.165) is 57.0 Å². The van der Waals surface area contributed by atoms with Crippen LogP contribution in [-0.4, -0.2) is 55.6 Å². The minimum absolute atomic E-state index is 0.0845. The number of rotatable bonds is 5. The Balaban J connectivity index is 1.77. The van der Waals surface area contributed by atoms with E-state index in [4.69, 9.17) is 4.98 Å². The molecule has 1 amide bonds. The number of nitrogens with zero attached hydrogens (tertiary/aromatic N) is 2. The predicted molar refractivity (Wildman–Crippen MR) is 94.0 cm³/mol. The van der Waals surface area contributed by atoms with Crippen molar-refractivity contribution in [3.63, 3.8) is 0 Å². The topological polar surface area (TPSA) is 57.3 Å². The van der Waals surface area contributed by atoms with Crippen molar-refractivity contribution in [2.45, 2.75) is 38.5 Å². The highest BCUT2D eigenvalue weighted by Crippen LogP contribution is 2.36. The first-order valence-corrected chi connectivity index (χ1v) is 9.62. The largest absolute Gasteiger partial charge is 0.342 e. The number of likely N-dealkylation sites (N-methyl/N-ethyl adjacent to an activating group) is 1. The Morgan fingerprint density at radius 2 is 2.13 bits per heavy atom. The van der Waals surface area contributed by atoms with Crippen molar-refractivity contribution in [2.75, 3.05) is 39.8 Å². The number of nitrogens with one attached hydrogen (secondary N) is 2. The van der Waals surface area contributed by atoms with Crippen LogP contribution in [0.4, 0.5) is 0 Å². The molecule has 2 N–H and O–H groups in total. The van der Waals surface area contributed by atoms with Crippen molar-refractivity contribution < 1.29 is 4.79 Å². The molecule has 3 rings (SSSR count). The third-order valence-corrected chi connectivity index (χ3v) is 6.13. The Labute approximate surface area is 142 Å². The van der Waals surface area contributed by atoms with Gasteiger partial charge in [0.25, 0.3) is 0 Å². The van der Waals surface area contributed by atoms with Gasteiger partial charge >= 0.3 is 0 Å². The van der Waals surface area contributed by atoms with Crippen LogP contribution in [0.1, 0.15) is 40.8 Å². The van der Waals surface area contributed by atoms with E-state index in [-0.39, 0.29) is 5.92 Å². The fourth-order valence-corrected chi connectivity index (χ4v) is 4.90. The Morgan fingerprint density at radius 3 is 2.87 bits per heavy atom. The molecule has 128 valence electrons. The molecule has 1 aromatic heterocycles. The molecule has 0 radical (unpaired) electrons. The van der Waals surface area contributed by atoms with Crippen LogP contribution in [0.15, 0.2) is 0 Å². The molecular formula is C17H28N4OS. The highest BCUT2D eigenvalue weighted by molar-refractivity contribution is 7.11. The first-order valence-electron chi connectivity index (χ1n) is 8.81. The minimum atomic E-state index is 0.0845. The fourth-order valence-electron chi connectivity index (χ4n) is 3.76. The SMILES string of the molecule is CNCCc1nc(C)sc1[C@@H]1CNCC1C(=O)N1CCCCC1. The summed E-state index contributed by atoms with van der Waals surface area (Å²) in [7, 11) is 1.97. The zero-order valence-electron chi connectivity index (χ0n) is 14.2. The second-order valence-electron chi connectivity index (χ2n) is 6.65. The van der Waals surface area contributed by atoms with Gasteiger partial charge < -0.3 is 15.5 Å². The number of piperidine rings is 1. The summed E-state index contributed by atoms with van der Waals surface area (Å²) in [6.07, 6.45) is 4.52. The summed E-state index contributed by atoms with van der Waals surface area (Å²) in [6.45, 7) is 6.59. The Morgan fingerprint density at radius 1 is 1.35 bits per heavy atom. The average molecular weight is 337 g/mol. The quantitative estimate of drug-likeness (QED) is 0.856. The van der Waals surface area contributed by atoms with Gasteiger partial charge in [0.1, 0.15) is 0 Å². The molecule has 0 aliphatic carbocycles. The maximum Gasteiger partial charge on any atom is 0.227 e. The summed E-state index contributed by atoms with van der Waals surface area (Å²) in [6, 6.07) is 0. The van der Waals surface area contributed by atoms with E-state index in [1.165, 1.54) is 17.0 Å². The normalized spacial score (nSPS) is 25.0. The van der Waals surface area contributed by atoms with Crippen LogP contribution in [0.3, 0.4) is 0 Å². The van der Waals surface area contributed by atoms with Crippen molar-refractivity contribution in [3.8, 4) is 0 Å². The molecule has 0 aromatic carbocycles. The summed E-state index contributed by atoms with van der Waals surface area (Å²) in [5, 5.41) is 7.77. The number of carbonyl (C=O) groups is 1.